The summed E-state index contributed by atoms with van der Waals surface area (Å²) >= 11 is 0. The SMILES string of the molecule is COc1ccc(OC)c(-c2coc3c(C)c(OC)c(/C(C)=C/C(=O)Nc4ccccc4OC)cc23)c1. The van der Waals surface area contributed by atoms with Crippen LogP contribution in [-0.2, 0) is 4.79 Å². The molecule has 0 aliphatic rings. The van der Waals surface area contributed by atoms with E-state index >= 15 is 0 Å². The van der Waals surface area contributed by atoms with Crippen molar-refractivity contribution in [3.63, 3.8) is 0 Å². The molecule has 4 rings (SSSR count). The van der Waals surface area contributed by atoms with Crippen molar-refractivity contribution in [1.29, 1.82) is 0 Å². The molecule has 3 aromatic carbocycles. The first kappa shape index (κ1) is 24.7. The van der Waals surface area contributed by atoms with Gasteiger partial charge in [-0.05, 0) is 55.8 Å². The highest BCUT2D eigenvalue weighted by molar-refractivity contribution is 6.06. The molecular weight excluding hydrogens is 458 g/mol. The van der Waals surface area contributed by atoms with Crippen LogP contribution in [0.3, 0.4) is 0 Å². The van der Waals surface area contributed by atoms with Crippen molar-refractivity contribution >= 4 is 28.1 Å². The van der Waals surface area contributed by atoms with Gasteiger partial charge in [0.1, 0.15) is 28.6 Å². The van der Waals surface area contributed by atoms with E-state index in [1.165, 1.54) is 0 Å². The lowest BCUT2D eigenvalue weighted by atomic mass is 9.96. The van der Waals surface area contributed by atoms with Crippen LogP contribution in [0.2, 0.25) is 0 Å². The van der Waals surface area contributed by atoms with Crippen LogP contribution >= 0.6 is 0 Å². The van der Waals surface area contributed by atoms with Gasteiger partial charge in [-0.25, -0.2) is 0 Å². The van der Waals surface area contributed by atoms with Crippen LogP contribution in [0, 0.1) is 6.92 Å². The quantitative estimate of drug-likeness (QED) is 0.286. The lowest BCUT2D eigenvalue weighted by Crippen LogP contribution is -2.09. The van der Waals surface area contributed by atoms with Crippen molar-refractivity contribution in [3.8, 4) is 34.1 Å². The van der Waals surface area contributed by atoms with E-state index < -0.39 is 0 Å². The van der Waals surface area contributed by atoms with Gasteiger partial charge in [-0.1, -0.05) is 12.1 Å². The molecule has 0 spiro atoms. The molecule has 1 heterocycles. The predicted octanol–water partition coefficient (Wildman–Crippen LogP) is 6.48. The number of hydrogen-bond donors (Lipinski definition) is 1. The van der Waals surface area contributed by atoms with Gasteiger partial charge < -0.3 is 28.7 Å². The van der Waals surface area contributed by atoms with Gasteiger partial charge in [-0.3, -0.25) is 4.79 Å². The van der Waals surface area contributed by atoms with Gasteiger partial charge in [-0.2, -0.15) is 0 Å². The number of allylic oxidation sites excluding steroid dienone is 1. The molecule has 0 aliphatic heterocycles. The number of anilines is 1. The zero-order valence-corrected chi connectivity index (χ0v) is 21.2. The zero-order chi connectivity index (χ0) is 25.8. The Kier molecular flexibility index (Phi) is 7.20. The first-order valence-corrected chi connectivity index (χ1v) is 11.4. The molecule has 7 heteroatoms. The maximum Gasteiger partial charge on any atom is 0.248 e. The maximum absolute atomic E-state index is 12.9. The smallest absolute Gasteiger partial charge is 0.248 e. The minimum absolute atomic E-state index is 0.279. The Morgan fingerprint density at radius 1 is 0.889 bits per heavy atom. The number of amides is 1. The molecule has 0 bridgehead atoms. The molecule has 1 aromatic heterocycles. The fourth-order valence-electron chi connectivity index (χ4n) is 4.30. The molecule has 0 aliphatic carbocycles. The first-order chi connectivity index (χ1) is 17.4. The first-order valence-electron chi connectivity index (χ1n) is 11.4. The zero-order valence-electron chi connectivity index (χ0n) is 21.2. The summed E-state index contributed by atoms with van der Waals surface area (Å²) < 4.78 is 28.1. The Hall–Kier alpha value is -4.39. The Labute approximate surface area is 210 Å². The molecule has 0 fully saturated rings. The molecule has 0 radical (unpaired) electrons. The summed E-state index contributed by atoms with van der Waals surface area (Å²) in [4.78, 5) is 12.9. The number of rotatable bonds is 8. The van der Waals surface area contributed by atoms with Crippen molar-refractivity contribution < 1.29 is 28.2 Å². The molecule has 0 saturated heterocycles. The second-order valence-corrected chi connectivity index (χ2v) is 8.19. The van der Waals surface area contributed by atoms with Gasteiger partial charge in [0.15, 0.2) is 0 Å². The standard InChI is InChI=1S/C29H29NO6/c1-17(13-27(31)30-24-9-7-8-10-26(24)34-5)20-15-22-23(16-36-29(22)18(2)28(20)35-6)21-14-19(32-3)11-12-25(21)33-4/h7-16H,1-6H3,(H,30,31)/b17-13+. The number of methoxy groups -OCH3 is 4. The second kappa shape index (κ2) is 10.5. The van der Waals surface area contributed by atoms with Crippen molar-refractivity contribution in [2.75, 3.05) is 33.8 Å². The van der Waals surface area contributed by atoms with Gasteiger partial charge >= 0.3 is 0 Å². The number of hydrogen-bond acceptors (Lipinski definition) is 6. The number of carbonyl (C=O) groups is 1. The van der Waals surface area contributed by atoms with E-state index in [9.17, 15) is 4.79 Å². The highest BCUT2D eigenvalue weighted by Crippen LogP contribution is 2.43. The fraction of sp³-hybridized carbons (Fsp3) is 0.207. The van der Waals surface area contributed by atoms with Gasteiger partial charge in [-0.15, -0.1) is 0 Å². The van der Waals surface area contributed by atoms with E-state index in [0.717, 1.165) is 33.2 Å². The average molecular weight is 488 g/mol. The molecule has 4 aromatic rings. The van der Waals surface area contributed by atoms with E-state index in [-0.39, 0.29) is 5.91 Å². The fourth-order valence-corrected chi connectivity index (χ4v) is 4.30. The van der Waals surface area contributed by atoms with Crippen molar-refractivity contribution in [2.45, 2.75) is 13.8 Å². The molecule has 0 saturated carbocycles. The van der Waals surface area contributed by atoms with Crippen molar-refractivity contribution in [2.24, 2.45) is 0 Å². The summed E-state index contributed by atoms with van der Waals surface area (Å²) in [6.45, 7) is 3.81. The van der Waals surface area contributed by atoms with Crippen molar-refractivity contribution in [3.05, 3.63) is 72.0 Å². The number of para-hydroxylation sites is 2. The Balaban J connectivity index is 1.81. The summed E-state index contributed by atoms with van der Waals surface area (Å²) in [6, 6.07) is 14.8. The van der Waals surface area contributed by atoms with Crippen LogP contribution in [-0.4, -0.2) is 34.3 Å². The normalized spacial score (nSPS) is 11.3. The third-order valence-corrected chi connectivity index (χ3v) is 6.08. The third-order valence-electron chi connectivity index (χ3n) is 6.08. The largest absolute Gasteiger partial charge is 0.497 e. The van der Waals surface area contributed by atoms with E-state index in [1.807, 2.05) is 50.2 Å². The molecule has 7 nitrogen and oxygen atoms in total. The van der Waals surface area contributed by atoms with E-state index in [1.54, 1.807) is 52.9 Å². The minimum Gasteiger partial charge on any atom is -0.497 e. The number of aryl methyl sites for hydroxylation is 1. The van der Waals surface area contributed by atoms with Gasteiger partial charge in [0.05, 0.1) is 40.4 Å². The third kappa shape index (κ3) is 4.60. The molecular formula is C29H29NO6. The van der Waals surface area contributed by atoms with Gasteiger partial charge in [0, 0.05) is 33.7 Å². The highest BCUT2D eigenvalue weighted by Gasteiger charge is 2.21. The molecule has 1 amide bonds. The summed E-state index contributed by atoms with van der Waals surface area (Å²) in [6.07, 6.45) is 3.24. The second-order valence-electron chi connectivity index (χ2n) is 8.19. The van der Waals surface area contributed by atoms with E-state index in [4.69, 9.17) is 23.4 Å². The number of carbonyl (C=O) groups excluding carboxylic acids is 1. The Morgan fingerprint density at radius 2 is 1.64 bits per heavy atom. The Morgan fingerprint density at radius 3 is 2.33 bits per heavy atom. The summed E-state index contributed by atoms with van der Waals surface area (Å²) in [7, 11) is 6.42. The Bertz CT molecular complexity index is 1450. The monoisotopic (exact) mass is 487 g/mol. The summed E-state index contributed by atoms with van der Waals surface area (Å²) in [5.41, 5.74) is 5.31. The lowest BCUT2D eigenvalue weighted by molar-refractivity contribution is -0.111. The molecule has 1 N–H and O–H groups in total. The molecule has 0 unspecified atom stereocenters. The number of benzene rings is 3. The van der Waals surface area contributed by atoms with Crippen LogP contribution < -0.4 is 24.3 Å². The number of ether oxygens (including phenoxy) is 4. The molecule has 186 valence electrons. The lowest BCUT2D eigenvalue weighted by Gasteiger charge is -2.14. The number of nitrogens with one attached hydrogen (secondary N) is 1. The average Bonchev–Trinajstić information content (AvgIpc) is 3.32. The van der Waals surface area contributed by atoms with Gasteiger partial charge in [0.2, 0.25) is 5.91 Å². The minimum atomic E-state index is -0.279. The van der Waals surface area contributed by atoms with Crippen LogP contribution in [0.15, 0.2) is 65.3 Å². The van der Waals surface area contributed by atoms with Crippen LogP contribution in [0.5, 0.6) is 23.0 Å². The molecule has 36 heavy (non-hydrogen) atoms. The van der Waals surface area contributed by atoms with E-state index in [2.05, 4.69) is 5.32 Å². The number of furan rings is 1. The topological polar surface area (TPSA) is 79.2 Å². The predicted molar refractivity (Wildman–Crippen MR) is 141 cm³/mol. The summed E-state index contributed by atoms with van der Waals surface area (Å²) in [5.74, 6) is 2.34. The van der Waals surface area contributed by atoms with Crippen LogP contribution in [0.1, 0.15) is 18.1 Å². The maximum atomic E-state index is 12.9. The number of fused-ring (bicyclic) bond motifs is 1. The van der Waals surface area contributed by atoms with Gasteiger partial charge in [0.25, 0.3) is 0 Å². The van der Waals surface area contributed by atoms with E-state index in [0.29, 0.717) is 34.3 Å². The van der Waals surface area contributed by atoms with Crippen molar-refractivity contribution in [1.82, 2.24) is 0 Å². The van der Waals surface area contributed by atoms with Crippen LogP contribution in [0.25, 0.3) is 27.7 Å². The summed E-state index contributed by atoms with van der Waals surface area (Å²) in [5, 5.41) is 3.75. The molecule has 0 atom stereocenters. The highest BCUT2D eigenvalue weighted by atomic mass is 16.5. The van der Waals surface area contributed by atoms with Crippen LogP contribution in [0.4, 0.5) is 5.69 Å².